The Balaban J connectivity index is 2.58. The average Bonchev–Trinajstić information content (AvgIpc) is 2.28. The summed E-state index contributed by atoms with van der Waals surface area (Å²) in [5.74, 6) is -0.668. The smallest absolute Gasteiger partial charge is 0.319 e. The maximum Gasteiger partial charge on any atom is 0.319 e. The largest absolute Gasteiger partial charge is 0.481 e. The second-order valence-corrected chi connectivity index (χ2v) is 3.59. The van der Waals surface area contributed by atoms with Gasteiger partial charge in [0, 0.05) is 12.7 Å². The van der Waals surface area contributed by atoms with Crippen LogP contribution in [0.3, 0.4) is 0 Å². The zero-order chi connectivity index (χ0) is 13.5. The predicted molar refractivity (Wildman–Crippen MR) is 64.8 cm³/mol. The molecule has 1 aromatic heterocycles. The maximum absolute atomic E-state index is 11.5. The second-order valence-electron chi connectivity index (χ2n) is 3.59. The summed E-state index contributed by atoms with van der Waals surface area (Å²) >= 11 is 0. The molecule has 0 atom stereocenters. The van der Waals surface area contributed by atoms with Crippen LogP contribution in [0.25, 0.3) is 0 Å². The van der Waals surface area contributed by atoms with Crippen LogP contribution in [0.5, 0.6) is 5.88 Å². The Kier molecular flexibility index (Phi) is 4.91. The third kappa shape index (κ3) is 4.28. The van der Waals surface area contributed by atoms with Gasteiger partial charge >= 0.3 is 12.0 Å². The summed E-state index contributed by atoms with van der Waals surface area (Å²) in [6.45, 7) is 1.89. The van der Waals surface area contributed by atoms with E-state index < -0.39 is 12.0 Å². The fourth-order valence-corrected chi connectivity index (χ4v) is 1.26. The minimum absolute atomic E-state index is 0.0583. The van der Waals surface area contributed by atoms with Crippen LogP contribution >= 0.6 is 0 Å². The predicted octanol–water partition coefficient (Wildman–Crippen LogP) is 0.995. The maximum atomic E-state index is 11.5. The number of anilines is 1. The number of carbonyl (C=O) groups excluding carboxylic acids is 1. The number of aryl methyl sites for hydroxylation is 1. The lowest BCUT2D eigenvalue weighted by Crippen LogP contribution is -2.30. The van der Waals surface area contributed by atoms with Crippen LogP contribution in [0.2, 0.25) is 0 Å². The zero-order valence-electron chi connectivity index (χ0n) is 10.2. The van der Waals surface area contributed by atoms with Gasteiger partial charge in [0.25, 0.3) is 0 Å². The number of carboxylic acid groups (broad SMARTS) is 1. The summed E-state index contributed by atoms with van der Waals surface area (Å²) in [5, 5.41) is 13.4. The summed E-state index contributed by atoms with van der Waals surface area (Å²) in [5.41, 5.74) is 1.31. The molecule has 1 heterocycles. The van der Waals surface area contributed by atoms with E-state index in [1.54, 1.807) is 12.3 Å². The number of carboxylic acids is 1. The van der Waals surface area contributed by atoms with Crippen molar-refractivity contribution in [2.24, 2.45) is 0 Å². The Bertz CT molecular complexity index is 448. The van der Waals surface area contributed by atoms with E-state index in [-0.39, 0.29) is 13.0 Å². The van der Waals surface area contributed by atoms with E-state index in [0.717, 1.165) is 5.56 Å². The monoisotopic (exact) mass is 253 g/mol. The van der Waals surface area contributed by atoms with E-state index in [9.17, 15) is 9.59 Å². The van der Waals surface area contributed by atoms with Gasteiger partial charge in [0.1, 0.15) is 5.69 Å². The van der Waals surface area contributed by atoms with Crippen LogP contribution in [0.15, 0.2) is 12.3 Å². The summed E-state index contributed by atoms with van der Waals surface area (Å²) in [6.07, 6.45) is 1.49. The summed E-state index contributed by atoms with van der Waals surface area (Å²) in [6, 6.07) is 1.21. The molecule has 0 saturated carbocycles. The van der Waals surface area contributed by atoms with E-state index in [4.69, 9.17) is 9.84 Å². The molecular weight excluding hydrogens is 238 g/mol. The first-order valence-corrected chi connectivity index (χ1v) is 5.30. The minimum atomic E-state index is -0.967. The molecule has 18 heavy (non-hydrogen) atoms. The number of ether oxygens (including phenoxy) is 1. The van der Waals surface area contributed by atoms with Gasteiger partial charge in [0.15, 0.2) is 0 Å². The Hall–Kier alpha value is -2.31. The van der Waals surface area contributed by atoms with E-state index >= 15 is 0 Å². The van der Waals surface area contributed by atoms with E-state index in [1.807, 2.05) is 6.92 Å². The molecule has 0 fully saturated rings. The topological polar surface area (TPSA) is 101 Å². The number of aromatic nitrogens is 1. The van der Waals surface area contributed by atoms with Gasteiger partial charge in [-0.25, -0.2) is 9.78 Å². The van der Waals surface area contributed by atoms with Crippen molar-refractivity contribution in [1.82, 2.24) is 10.3 Å². The van der Waals surface area contributed by atoms with Crippen molar-refractivity contribution in [1.29, 1.82) is 0 Å². The number of nitrogens with one attached hydrogen (secondary N) is 2. The third-order valence-corrected chi connectivity index (χ3v) is 2.05. The number of pyridine rings is 1. The van der Waals surface area contributed by atoms with Crippen LogP contribution in [-0.2, 0) is 4.79 Å². The van der Waals surface area contributed by atoms with E-state index in [1.165, 1.54) is 7.11 Å². The van der Waals surface area contributed by atoms with Crippen molar-refractivity contribution in [3.63, 3.8) is 0 Å². The van der Waals surface area contributed by atoms with Gasteiger partial charge in [-0.1, -0.05) is 0 Å². The van der Waals surface area contributed by atoms with E-state index in [2.05, 4.69) is 15.6 Å². The van der Waals surface area contributed by atoms with Crippen molar-refractivity contribution < 1.29 is 19.4 Å². The Morgan fingerprint density at radius 2 is 2.22 bits per heavy atom. The highest BCUT2D eigenvalue weighted by molar-refractivity contribution is 5.90. The lowest BCUT2D eigenvalue weighted by Gasteiger charge is -2.10. The molecule has 7 nitrogen and oxygen atoms in total. The Morgan fingerprint density at radius 1 is 1.50 bits per heavy atom. The molecule has 0 aliphatic carbocycles. The number of carbonyl (C=O) groups is 2. The molecule has 0 spiro atoms. The van der Waals surface area contributed by atoms with Crippen molar-refractivity contribution in [3.05, 3.63) is 17.8 Å². The standard InChI is InChI=1S/C11H15N3O4/c1-7-5-8(10(18-2)13-6-7)14-11(17)12-4-3-9(15)16/h5-6H,3-4H2,1-2H3,(H,15,16)(H2,12,14,17). The van der Waals surface area contributed by atoms with Gasteiger partial charge in [-0.3, -0.25) is 4.79 Å². The summed E-state index contributed by atoms with van der Waals surface area (Å²) in [4.78, 5) is 25.8. The molecule has 98 valence electrons. The normalized spacial score (nSPS) is 9.67. The van der Waals surface area contributed by atoms with Gasteiger partial charge in [-0.15, -0.1) is 0 Å². The number of aliphatic carboxylic acids is 1. The summed E-state index contributed by atoms with van der Waals surface area (Å²) < 4.78 is 5.00. The molecule has 0 aliphatic heterocycles. The molecule has 0 saturated heterocycles. The lowest BCUT2D eigenvalue weighted by atomic mass is 10.3. The van der Waals surface area contributed by atoms with Gasteiger partial charge < -0.3 is 20.5 Å². The van der Waals surface area contributed by atoms with Crippen LogP contribution in [0.1, 0.15) is 12.0 Å². The molecule has 7 heteroatoms. The average molecular weight is 253 g/mol. The molecule has 1 aromatic rings. The van der Waals surface area contributed by atoms with Crippen LogP contribution in [-0.4, -0.2) is 35.7 Å². The SMILES string of the molecule is COc1ncc(C)cc1NC(=O)NCCC(=O)O. The molecule has 0 aliphatic rings. The number of rotatable bonds is 5. The zero-order valence-corrected chi connectivity index (χ0v) is 10.2. The molecule has 0 aromatic carbocycles. The first kappa shape index (κ1) is 13.8. The minimum Gasteiger partial charge on any atom is -0.481 e. The molecule has 0 unspecified atom stereocenters. The number of urea groups is 1. The fourth-order valence-electron chi connectivity index (χ4n) is 1.26. The highest BCUT2D eigenvalue weighted by Gasteiger charge is 2.08. The molecule has 0 radical (unpaired) electrons. The number of nitrogens with zero attached hydrogens (tertiary/aromatic N) is 1. The second kappa shape index (κ2) is 6.43. The third-order valence-electron chi connectivity index (χ3n) is 2.05. The first-order valence-electron chi connectivity index (χ1n) is 5.30. The van der Waals surface area contributed by atoms with Crippen molar-refractivity contribution >= 4 is 17.7 Å². The van der Waals surface area contributed by atoms with Gasteiger partial charge in [0.05, 0.1) is 13.5 Å². The number of hydrogen-bond donors (Lipinski definition) is 3. The Labute approximate surface area is 104 Å². The van der Waals surface area contributed by atoms with E-state index in [0.29, 0.717) is 11.6 Å². The number of methoxy groups -OCH3 is 1. The number of amides is 2. The molecule has 3 N–H and O–H groups in total. The van der Waals surface area contributed by atoms with Gasteiger partial charge in [0.2, 0.25) is 5.88 Å². The molecule has 0 bridgehead atoms. The number of hydrogen-bond acceptors (Lipinski definition) is 4. The van der Waals surface area contributed by atoms with Crippen LogP contribution in [0.4, 0.5) is 10.5 Å². The van der Waals surface area contributed by atoms with Gasteiger partial charge in [-0.05, 0) is 18.6 Å². The van der Waals surface area contributed by atoms with Gasteiger partial charge in [-0.2, -0.15) is 0 Å². The van der Waals surface area contributed by atoms with Crippen molar-refractivity contribution in [3.8, 4) is 5.88 Å². The van der Waals surface area contributed by atoms with Crippen molar-refractivity contribution in [2.45, 2.75) is 13.3 Å². The summed E-state index contributed by atoms with van der Waals surface area (Å²) in [7, 11) is 1.45. The molecular formula is C11H15N3O4. The Morgan fingerprint density at radius 3 is 2.83 bits per heavy atom. The molecule has 1 rings (SSSR count). The first-order chi connectivity index (χ1) is 8.52. The quantitative estimate of drug-likeness (QED) is 0.726. The van der Waals surface area contributed by atoms with Crippen LogP contribution < -0.4 is 15.4 Å². The lowest BCUT2D eigenvalue weighted by molar-refractivity contribution is -0.136. The molecule has 2 amide bonds. The highest BCUT2D eigenvalue weighted by Crippen LogP contribution is 2.21. The fraction of sp³-hybridized carbons (Fsp3) is 0.364. The highest BCUT2D eigenvalue weighted by atomic mass is 16.5. The van der Waals surface area contributed by atoms with Crippen LogP contribution in [0, 0.1) is 6.92 Å². The van der Waals surface area contributed by atoms with Crippen molar-refractivity contribution in [2.75, 3.05) is 19.0 Å².